The van der Waals surface area contributed by atoms with Crippen LogP contribution in [0.2, 0.25) is 0 Å². The topological polar surface area (TPSA) is 40.6 Å². The molecular weight excluding hydrogens is 321 g/mol. The molecule has 2 aromatic rings. The molecule has 130 valence electrons. The Balaban J connectivity index is 0.000000471. The summed E-state index contributed by atoms with van der Waals surface area (Å²) in [6, 6.07) is 11.7. The highest BCUT2D eigenvalue weighted by Gasteiger charge is 2.35. The molecule has 4 nitrogen and oxygen atoms in total. The number of aromatic nitrogens is 1. The summed E-state index contributed by atoms with van der Waals surface area (Å²) < 4.78 is 16.7. The fraction of sp³-hybridized carbons (Fsp3) is 0.421. The van der Waals surface area contributed by atoms with Crippen molar-refractivity contribution in [1.82, 2.24) is 4.98 Å². The Labute approximate surface area is 145 Å². The number of hydrogen-bond donors (Lipinski definition) is 0. The summed E-state index contributed by atoms with van der Waals surface area (Å²) in [4.78, 5) is 4.49. The van der Waals surface area contributed by atoms with Crippen molar-refractivity contribution in [3.05, 3.63) is 42.1 Å². The van der Waals surface area contributed by atoms with Gasteiger partial charge in [-0.15, -0.1) is 0 Å². The van der Waals surface area contributed by atoms with Crippen LogP contribution in [0.25, 0.3) is 0 Å². The molecule has 1 unspecified atom stereocenters. The SMILES string of the molecule is CCCC.COc1cccc([C@H]2Oc3cccc(OC)c3P2C)n1. The number of pyridine rings is 1. The van der Waals surface area contributed by atoms with Gasteiger partial charge in [-0.1, -0.05) is 38.8 Å². The fourth-order valence-electron chi connectivity index (χ4n) is 2.37. The molecule has 24 heavy (non-hydrogen) atoms. The molecule has 0 fully saturated rings. The van der Waals surface area contributed by atoms with Gasteiger partial charge in [-0.05, 0) is 32.8 Å². The van der Waals surface area contributed by atoms with Crippen molar-refractivity contribution in [3.8, 4) is 17.4 Å². The molecule has 1 aromatic heterocycles. The lowest BCUT2D eigenvalue weighted by Gasteiger charge is -2.16. The van der Waals surface area contributed by atoms with Gasteiger partial charge in [-0.3, -0.25) is 0 Å². The van der Waals surface area contributed by atoms with E-state index in [2.05, 4.69) is 25.5 Å². The first kappa shape index (κ1) is 18.5. The number of hydrogen-bond acceptors (Lipinski definition) is 4. The lowest BCUT2D eigenvalue weighted by atomic mass is 10.3. The maximum absolute atomic E-state index is 6.08. The van der Waals surface area contributed by atoms with Gasteiger partial charge in [0.05, 0.1) is 25.2 Å². The molecule has 0 saturated heterocycles. The predicted octanol–water partition coefficient (Wildman–Crippen LogP) is 4.73. The first-order valence-electron chi connectivity index (χ1n) is 8.23. The van der Waals surface area contributed by atoms with E-state index in [0.717, 1.165) is 17.2 Å². The molecule has 2 heterocycles. The number of rotatable bonds is 4. The van der Waals surface area contributed by atoms with E-state index >= 15 is 0 Å². The van der Waals surface area contributed by atoms with Crippen molar-refractivity contribution >= 4 is 13.2 Å². The Morgan fingerprint density at radius 3 is 2.38 bits per heavy atom. The summed E-state index contributed by atoms with van der Waals surface area (Å²) in [6.07, 6.45) is 2.64. The van der Waals surface area contributed by atoms with E-state index < -0.39 is 7.92 Å². The minimum atomic E-state index is -0.530. The normalized spacial score (nSPS) is 18.0. The third-order valence-corrected chi connectivity index (χ3v) is 6.05. The summed E-state index contributed by atoms with van der Waals surface area (Å²) in [5, 5.41) is 1.17. The number of nitrogens with zero attached hydrogens (tertiary/aromatic N) is 1. The van der Waals surface area contributed by atoms with E-state index in [1.807, 2.05) is 36.4 Å². The maximum Gasteiger partial charge on any atom is 0.213 e. The molecule has 0 radical (unpaired) electrons. The number of fused-ring (bicyclic) bond motifs is 1. The molecule has 3 rings (SSSR count). The minimum absolute atomic E-state index is 0.0496. The summed E-state index contributed by atoms with van der Waals surface area (Å²) in [6.45, 7) is 6.55. The van der Waals surface area contributed by atoms with Crippen LogP contribution in [0.1, 0.15) is 38.2 Å². The molecule has 0 spiro atoms. The second-order valence-corrected chi connectivity index (χ2v) is 7.63. The molecule has 5 heteroatoms. The van der Waals surface area contributed by atoms with Crippen LogP contribution in [0.4, 0.5) is 0 Å². The van der Waals surface area contributed by atoms with Gasteiger partial charge in [0.15, 0.2) is 5.85 Å². The number of unbranched alkanes of at least 4 members (excludes halogenated alkanes) is 1. The Bertz CT molecular complexity index is 661. The smallest absolute Gasteiger partial charge is 0.213 e. The summed E-state index contributed by atoms with van der Waals surface area (Å²) in [5.41, 5.74) is 0.899. The van der Waals surface area contributed by atoms with Crippen LogP contribution in [-0.4, -0.2) is 25.9 Å². The standard InChI is InChI=1S/C15H16NO3P.C4H10/c1-17-11-7-5-8-12-14(11)20(3)15(19-12)10-6-4-9-13(16-10)18-2;1-3-4-2/h4-9,15H,1-3H3;3-4H2,1-2H3/t15-,20?;/m0./s1. The van der Waals surface area contributed by atoms with Crippen molar-refractivity contribution in [2.45, 2.75) is 32.5 Å². The van der Waals surface area contributed by atoms with E-state index in [9.17, 15) is 0 Å². The molecule has 1 aromatic carbocycles. The largest absolute Gasteiger partial charge is 0.496 e. The van der Waals surface area contributed by atoms with Crippen molar-refractivity contribution in [2.24, 2.45) is 0 Å². The van der Waals surface area contributed by atoms with Gasteiger partial charge in [-0.2, -0.15) is 0 Å². The van der Waals surface area contributed by atoms with Crippen molar-refractivity contribution < 1.29 is 14.2 Å². The first-order valence-corrected chi connectivity index (χ1v) is 10.1. The molecule has 1 aliphatic rings. The maximum atomic E-state index is 6.08. The Hall–Kier alpha value is -1.80. The molecule has 0 N–H and O–H groups in total. The summed E-state index contributed by atoms with van der Waals surface area (Å²) >= 11 is 0. The molecule has 0 aliphatic carbocycles. The number of methoxy groups -OCH3 is 2. The zero-order valence-corrected chi connectivity index (χ0v) is 16.0. The monoisotopic (exact) mass is 347 g/mol. The predicted molar refractivity (Wildman–Crippen MR) is 100 cm³/mol. The van der Waals surface area contributed by atoms with Crippen molar-refractivity contribution in [1.29, 1.82) is 0 Å². The Morgan fingerprint density at radius 2 is 1.75 bits per heavy atom. The highest BCUT2D eigenvalue weighted by Crippen LogP contribution is 2.56. The van der Waals surface area contributed by atoms with Crippen LogP contribution in [-0.2, 0) is 0 Å². The summed E-state index contributed by atoms with van der Waals surface area (Å²) in [5.74, 6) is 2.35. The van der Waals surface area contributed by atoms with Crippen molar-refractivity contribution in [3.63, 3.8) is 0 Å². The average Bonchev–Trinajstić information content (AvgIpc) is 2.99. The van der Waals surface area contributed by atoms with Crippen LogP contribution in [0.5, 0.6) is 17.4 Å². The zero-order chi connectivity index (χ0) is 17.5. The van der Waals surface area contributed by atoms with E-state index in [4.69, 9.17) is 14.2 Å². The Kier molecular flexibility index (Phi) is 6.86. The number of ether oxygens (including phenoxy) is 3. The van der Waals surface area contributed by atoms with Gasteiger partial charge in [0, 0.05) is 6.07 Å². The van der Waals surface area contributed by atoms with E-state index in [0.29, 0.717) is 5.88 Å². The average molecular weight is 347 g/mol. The van der Waals surface area contributed by atoms with Crippen LogP contribution >= 0.6 is 7.92 Å². The van der Waals surface area contributed by atoms with Gasteiger partial charge in [0.1, 0.15) is 11.5 Å². The molecule has 0 saturated carbocycles. The Morgan fingerprint density at radius 1 is 1.04 bits per heavy atom. The lowest BCUT2D eigenvalue weighted by molar-refractivity contribution is 0.294. The van der Waals surface area contributed by atoms with Gasteiger partial charge in [0.2, 0.25) is 5.88 Å². The van der Waals surface area contributed by atoms with Crippen molar-refractivity contribution in [2.75, 3.05) is 20.9 Å². The van der Waals surface area contributed by atoms with Crippen LogP contribution in [0, 0.1) is 0 Å². The second kappa shape index (κ2) is 8.89. The minimum Gasteiger partial charge on any atom is -0.496 e. The highest BCUT2D eigenvalue weighted by atomic mass is 31.1. The number of benzene rings is 1. The zero-order valence-electron chi connectivity index (χ0n) is 15.1. The van der Waals surface area contributed by atoms with E-state index in [-0.39, 0.29) is 5.85 Å². The van der Waals surface area contributed by atoms with Crippen LogP contribution < -0.4 is 19.5 Å². The molecule has 2 atom stereocenters. The molecule has 0 amide bonds. The van der Waals surface area contributed by atoms with E-state index in [1.165, 1.54) is 18.1 Å². The fourth-order valence-corrected chi connectivity index (χ4v) is 4.40. The molecular formula is C19H26NO3P. The van der Waals surface area contributed by atoms with Gasteiger partial charge in [0.25, 0.3) is 0 Å². The van der Waals surface area contributed by atoms with Gasteiger partial charge < -0.3 is 14.2 Å². The van der Waals surface area contributed by atoms with Crippen LogP contribution in [0.15, 0.2) is 36.4 Å². The van der Waals surface area contributed by atoms with Crippen LogP contribution in [0.3, 0.4) is 0 Å². The third-order valence-electron chi connectivity index (χ3n) is 3.83. The molecule has 0 bridgehead atoms. The van der Waals surface area contributed by atoms with Gasteiger partial charge >= 0.3 is 0 Å². The first-order chi connectivity index (χ1) is 11.7. The van der Waals surface area contributed by atoms with Gasteiger partial charge in [-0.25, -0.2) is 4.98 Å². The summed E-state index contributed by atoms with van der Waals surface area (Å²) in [7, 11) is 2.78. The van der Waals surface area contributed by atoms with E-state index in [1.54, 1.807) is 14.2 Å². The lowest BCUT2D eigenvalue weighted by Crippen LogP contribution is -2.05. The quantitative estimate of drug-likeness (QED) is 0.750. The second-order valence-electron chi connectivity index (χ2n) is 5.49. The highest BCUT2D eigenvalue weighted by molar-refractivity contribution is 7.65. The molecule has 1 aliphatic heterocycles. The third kappa shape index (κ3) is 3.99.